The molecule has 18 heavy (non-hydrogen) atoms. The van der Waals surface area contributed by atoms with Gasteiger partial charge in [0.05, 0.1) is 0 Å². The first kappa shape index (κ1) is 17.0. The van der Waals surface area contributed by atoms with Crippen molar-refractivity contribution in [2.75, 3.05) is 11.8 Å². The lowest BCUT2D eigenvalue weighted by molar-refractivity contribution is -0.151. The number of hydrogen-bond donors (Lipinski definition) is 3. The summed E-state index contributed by atoms with van der Waals surface area (Å²) in [5.41, 5.74) is -1.85. The van der Waals surface area contributed by atoms with Crippen molar-refractivity contribution >= 4 is 41.0 Å². The molecule has 0 heterocycles. The molecule has 0 bridgehead atoms. The largest absolute Gasteiger partial charge is 0.478 e. The third-order valence-electron chi connectivity index (χ3n) is 2.22. The maximum absolute atomic E-state index is 11.3. The Kier molecular flexibility index (Phi) is 7.70. The summed E-state index contributed by atoms with van der Waals surface area (Å²) in [4.78, 5) is 33.9. The molecule has 104 valence electrons. The summed E-state index contributed by atoms with van der Waals surface area (Å²) in [6, 6.07) is 0. The first-order chi connectivity index (χ1) is 8.41. The predicted molar refractivity (Wildman–Crippen MR) is 67.6 cm³/mol. The van der Waals surface area contributed by atoms with Crippen LogP contribution in [0.5, 0.6) is 0 Å². The molecule has 0 aromatic carbocycles. The van der Waals surface area contributed by atoms with Gasteiger partial charge in [0.1, 0.15) is 11.8 Å². The number of hydrogen-bond acceptors (Lipinski definition) is 3. The lowest BCUT2D eigenvalue weighted by Crippen LogP contribution is -2.66. The Morgan fingerprint density at radius 3 is 1.83 bits per heavy atom. The zero-order valence-corrected chi connectivity index (χ0v) is 11.5. The van der Waals surface area contributed by atoms with Crippen molar-refractivity contribution in [1.29, 1.82) is 0 Å². The molecule has 0 aliphatic carbocycles. The Balaban J connectivity index is 5.07. The van der Waals surface area contributed by atoms with E-state index in [0.717, 1.165) is 0 Å². The van der Waals surface area contributed by atoms with Gasteiger partial charge in [-0.3, -0.25) is 9.59 Å². The van der Waals surface area contributed by atoms with E-state index < -0.39 is 35.2 Å². The van der Waals surface area contributed by atoms with Gasteiger partial charge in [0, 0.05) is 6.42 Å². The van der Waals surface area contributed by atoms with Crippen molar-refractivity contribution in [3.63, 3.8) is 0 Å². The molecule has 3 N–H and O–H groups in total. The van der Waals surface area contributed by atoms with Crippen molar-refractivity contribution in [2.45, 2.75) is 31.8 Å². The second-order valence-electron chi connectivity index (χ2n) is 3.68. The van der Waals surface area contributed by atoms with Gasteiger partial charge >= 0.3 is 5.97 Å². The maximum atomic E-state index is 11.3. The molecule has 0 saturated carbocycles. The van der Waals surface area contributed by atoms with E-state index in [4.69, 9.17) is 23.2 Å². The highest BCUT2D eigenvalue weighted by molar-refractivity contribution is 6.28. The minimum atomic E-state index is -1.85. The molecule has 8 heteroatoms. The van der Waals surface area contributed by atoms with Crippen molar-refractivity contribution in [1.82, 2.24) is 10.6 Å². The molecule has 0 spiro atoms. The minimum Gasteiger partial charge on any atom is -0.478 e. The van der Waals surface area contributed by atoms with Gasteiger partial charge in [-0.25, -0.2) is 4.79 Å². The summed E-state index contributed by atoms with van der Waals surface area (Å²) >= 11 is 10.6. The Morgan fingerprint density at radius 2 is 1.56 bits per heavy atom. The number of carboxylic acids is 1. The van der Waals surface area contributed by atoms with E-state index in [0.29, 0.717) is 12.8 Å². The fourth-order valence-corrected chi connectivity index (χ4v) is 1.49. The van der Waals surface area contributed by atoms with Crippen molar-refractivity contribution in [3.05, 3.63) is 0 Å². The van der Waals surface area contributed by atoms with E-state index in [9.17, 15) is 19.5 Å². The van der Waals surface area contributed by atoms with Crippen LogP contribution in [0.2, 0.25) is 0 Å². The number of carbonyl (C=O) groups excluding carboxylic acids is 2. The van der Waals surface area contributed by atoms with Crippen LogP contribution in [0.1, 0.15) is 26.2 Å². The van der Waals surface area contributed by atoms with Crippen LogP contribution >= 0.6 is 23.2 Å². The molecule has 0 aliphatic rings. The molecule has 0 saturated heterocycles. The van der Waals surface area contributed by atoms with Crippen LogP contribution in [0.4, 0.5) is 0 Å². The fourth-order valence-electron chi connectivity index (χ4n) is 1.35. The lowest BCUT2D eigenvalue weighted by Gasteiger charge is -2.31. The van der Waals surface area contributed by atoms with Crippen LogP contribution in [0.25, 0.3) is 0 Å². The van der Waals surface area contributed by atoms with Crippen molar-refractivity contribution in [2.24, 2.45) is 0 Å². The Labute approximate surface area is 115 Å². The Bertz CT molecular complexity index is 305. The number of carbonyl (C=O) groups is 3. The third kappa shape index (κ3) is 5.10. The van der Waals surface area contributed by atoms with E-state index in [1.807, 2.05) is 6.92 Å². The number of alkyl halides is 2. The van der Waals surface area contributed by atoms with Crippen LogP contribution in [0.3, 0.4) is 0 Å². The Morgan fingerprint density at radius 1 is 1.11 bits per heavy atom. The van der Waals surface area contributed by atoms with Gasteiger partial charge in [0.15, 0.2) is 0 Å². The van der Waals surface area contributed by atoms with Crippen LogP contribution in [-0.4, -0.2) is 40.3 Å². The standard InChI is InChI=1S/C10H16Cl2N2O4/c1-2-3-4-10(9(17)18,13-7(15)5-11)14-8(16)6-12/h2-6H2,1H3,(H,13,15)(H,14,16)(H,17,18). The average Bonchev–Trinajstić information content (AvgIpc) is 2.35. The van der Waals surface area contributed by atoms with Crippen LogP contribution in [0, 0.1) is 0 Å². The number of rotatable bonds is 8. The van der Waals surface area contributed by atoms with Gasteiger partial charge < -0.3 is 15.7 Å². The third-order valence-corrected chi connectivity index (χ3v) is 2.70. The molecule has 0 aromatic heterocycles. The van der Waals surface area contributed by atoms with Gasteiger partial charge in [-0.1, -0.05) is 13.3 Å². The normalized spacial score (nSPS) is 10.8. The molecule has 0 aromatic rings. The summed E-state index contributed by atoms with van der Waals surface area (Å²) in [5, 5.41) is 13.7. The molecule has 2 amide bonds. The van der Waals surface area contributed by atoms with Crippen LogP contribution < -0.4 is 10.6 Å². The van der Waals surface area contributed by atoms with Crippen molar-refractivity contribution < 1.29 is 19.5 Å². The zero-order valence-electron chi connectivity index (χ0n) is 9.96. The van der Waals surface area contributed by atoms with Crippen LogP contribution in [-0.2, 0) is 14.4 Å². The second-order valence-corrected chi connectivity index (χ2v) is 4.21. The number of unbranched alkanes of at least 4 members (excludes halogenated alkanes) is 1. The highest BCUT2D eigenvalue weighted by atomic mass is 35.5. The van der Waals surface area contributed by atoms with Gasteiger partial charge in [-0.15, -0.1) is 23.2 Å². The van der Waals surface area contributed by atoms with Crippen molar-refractivity contribution in [3.8, 4) is 0 Å². The molecule has 0 radical (unpaired) electrons. The molecule has 0 aliphatic heterocycles. The fraction of sp³-hybridized carbons (Fsp3) is 0.700. The smallest absolute Gasteiger partial charge is 0.350 e. The van der Waals surface area contributed by atoms with Gasteiger partial charge in [-0.05, 0) is 6.42 Å². The predicted octanol–water partition coefficient (Wildman–Crippen LogP) is 0.667. The van der Waals surface area contributed by atoms with E-state index in [-0.39, 0.29) is 6.42 Å². The molecule has 0 rings (SSSR count). The van der Waals surface area contributed by atoms with Gasteiger partial charge in [-0.2, -0.15) is 0 Å². The summed E-state index contributed by atoms with van der Waals surface area (Å²) in [7, 11) is 0. The number of carboxylic acid groups (broad SMARTS) is 1. The summed E-state index contributed by atoms with van der Waals surface area (Å²) < 4.78 is 0. The van der Waals surface area contributed by atoms with Gasteiger partial charge in [0.25, 0.3) is 0 Å². The number of amides is 2. The number of nitrogens with one attached hydrogen (secondary N) is 2. The monoisotopic (exact) mass is 298 g/mol. The molecule has 0 fully saturated rings. The quantitative estimate of drug-likeness (QED) is 0.453. The highest BCUT2D eigenvalue weighted by Gasteiger charge is 2.40. The van der Waals surface area contributed by atoms with Gasteiger partial charge in [0.2, 0.25) is 17.5 Å². The van der Waals surface area contributed by atoms with E-state index in [2.05, 4.69) is 10.6 Å². The number of halogens is 2. The average molecular weight is 299 g/mol. The van der Waals surface area contributed by atoms with E-state index in [1.165, 1.54) is 0 Å². The summed E-state index contributed by atoms with van der Waals surface area (Å²) in [6.07, 6.45) is 1.28. The highest BCUT2D eigenvalue weighted by Crippen LogP contribution is 2.12. The topological polar surface area (TPSA) is 95.5 Å². The summed E-state index contributed by atoms with van der Waals surface area (Å²) in [6.45, 7) is 1.86. The van der Waals surface area contributed by atoms with E-state index in [1.54, 1.807) is 0 Å². The van der Waals surface area contributed by atoms with Crippen LogP contribution in [0.15, 0.2) is 0 Å². The maximum Gasteiger partial charge on any atom is 0.350 e. The lowest BCUT2D eigenvalue weighted by atomic mass is 10.0. The first-order valence-electron chi connectivity index (χ1n) is 5.39. The molecular weight excluding hydrogens is 283 g/mol. The molecule has 6 nitrogen and oxygen atoms in total. The number of aliphatic carboxylic acids is 1. The summed E-state index contributed by atoms with van der Waals surface area (Å²) in [5.74, 6) is -3.49. The molecular formula is C10H16Cl2N2O4. The van der Waals surface area contributed by atoms with E-state index >= 15 is 0 Å². The molecule has 0 unspecified atom stereocenters. The zero-order chi connectivity index (χ0) is 14.2. The second kappa shape index (κ2) is 8.16. The SMILES string of the molecule is CCCCC(NC(=O)CCl)(NC(=O)CCl)C(=O)O. The first-order valence-corrected chi connectivity index (χ1v) is 6.46. The minimum absolute atomic E-state index is 0.0596. The molecule has 0 atom stereocenters. The Hall–Kier alpha value is -1.01.